The molecular formula is C12H16N2O6. The summed E-state index contributed by atoms with van der Waals surface area (Å²) in [6, 6.07) is 2.60. The van der Waals surface area contributed by atoms with E-state index in [1.807, 2.05) is 0 Å². The molecule has 0 atom stereocenters. The molecule has 0 radical (unpaired) electrons. The van der Waals surface area contributed by atoms with Crippen molar-refractivity contribution in [2.24, 2.45) is 0 Å². The van der Waals surface area contributed by atoms with E-state index in [9.17, 15) is 25.0 Å². The van der Waals surface area contributed by atoms with E-state index in [-0.39, 0.29) is 5.56 Å². The Hall–Kier alpha value is -2.51. The van der Waals surface area contributed by atoms with Crippen LogP contribution in [-0.2, 0) is 4.74 Å². The van der Waals surface area contributed by atoms with Gasteiger partial charge in [0.25, 0.3) is 11.4 Å². The summed E-state index contributed by atoms with van der Waals surface area (Å²) in [6.45, 7) is 4.36. The fraction of sp³-hybridized carbons (Fsp3) is 0.417. The lowest BCUT2D eigenvalue weighted by Crippen LogP contribution is -2.03. The SMILES string of the molecule is CCCC.COC(=O)c1cc([N+](=O)[O-])cc([N+](=O)[O-])c1. The van der Waals surface area contributed by atoms with Gasteiger partial charge in [0.2, 0.25) is 0 Å². The number of unbranched alkanes of at least 4 members (excludes halogenated alkanes) is 1. The maximum atomic E-state index is 11.1. The molecule has 8 heteroatoms. The molecule has 0 spiro atoms. The Labute approximate surface area is 115 Å². The minimum absolute atomic E-state index is 0.233. The molecule has 0 saturated heterocycles. The molecule has 0 aliphatic rings. The first-order valence-electron chi connectivity index (χ1n) is 5.89. The highest BCUT2D eigenvalue weighted by Crippen LogP contribution is 2.22. The Kier molecular flexibility index (Phi) is 7.49. The van der Waals surface area contributed by atoms with Gasteiger partial charge in [-0.25, -0.2) is 4.79 Å². The van der Waals surface area contributed by atoms with Gasteiger partial charge in [-0.15, -0.1) is 0 Å². The van der Waals surface area contributed by atoms with Crippen molar-refractivity contribution in [3.63, 3.8) is 0 Å². The number of carbonyl (C=O) groups excluding carboxylic acids is 1. The normalized spacial score (nSPS) is 9.15. The molecule has 0 unspecified atom stereocenters. The molecule has 20 heavy (non-hydrogen) atoms. The Balaban J connectivity index is 0.000000796. The minimum atomic E-state index is -0.869. The van der Waals surface area contributed by atoms with Gasteiger partial charge in [-0.05, 0) is 0 Å². The predicted octanol–water partition coefficient (Wildman–Crippen LogP) is 3.10. The lowest BCUT2D eigenvalue weighted by molar-refractivity contribution is -0.394. The van der Waals surface area contributed by atoms with Gasteiger partial charge in [-0.1, -0.05) is 26.7 Å². The molecule has 1 rings (SSSR count). The fourth-order valence-electron chi connectivity index (χ4n) is 1.04. The molecule has 1 aromatic rings. The highest BCUT2D eigenvalue weighted by atomic mass is 16.6. The maximum Gasteiger partial charge on any atom is 0.338 e. The molecule has 0 heterocycles. The number of rotatable bonds is 4. The van der Waals surface area contributed by atoms with E-state index in [1.165, 1.54) is 12.8 Å². The molecule has 110 valence electrons. The first kappa shape index (κ1) is 17.5. The van der Waals surface area contributed by atoms with Crippen LogP contribution in [0.2, 0.25) is 0 Å². The second kappa shape index (κ2) is 8.57. The first-order chi connectivity index (χ1) is 9.37. The van der Waals surface area contributed by atoms with Crippen LogP contribution in [-0.4, -0.2) is 22.9 Å². The van der Waals surface area contributed by atoms with Crippen molar-refractivity contribution in [3.8, 4) is 0 Å². The van der Waals surface area contributed by atoms with Crippen molar-refractivity contribution in [2.45, 2.75) is 26.7 Å². The van der Waals surface area contributed by atoms with Gasteiger partial charge in [0.15, 0.2) is 0 Å². The average molecular weight is 284 g/mol. The van der Waals surface area contributed by atoms with Gasteiger partial charge in [0, 0.05) is 12.1 Å². The van der Waals surface area contributed by atoms with E-state index in [1.54, 1.807) is 0 Å². The summed E-state index contributed by atoms with van der Waals surface area (Å²) in [5.74, 6) is -0.869. The summed E-state index contributed by atoms with van der Waals surface area (Å²) in [5.41, 5.74) is -1.30. The Bertz CT molecular complexity index is 466. The quantitative estimate of drug-likeness (QED) is 0.477. The standard InChI is InChI=1S/C8H6N2O6.C4H10/c1-16-8(11)5-2-6(9(12)13)4-7(3-5)10(14)15;1-3-4-2/h2-4H,1H3;3-4H2,1-2H3. The van der Waals surface area contributed by atoms with Crippen molar-refractivity contribution in [2.75, 3.05) is 7.11 Å². The van der Waals surface area contributed by atoms with Crippen LogP contribution in [0.15, 0.2) is 18.2 Å². The Morgan fingerprint density at radius 3 is 1.70 bits per heavy atom. The zero-order valence-corrected chi connectivity index (χ0v) is 11.5. The average Bonchev–Trinajstić information content (AvgIpc) is 2.45. The Morgan fingerprint density at radius 2 is 1.45 bits per heavy atom. The number of hydrogen-bond donors (Lipinski definition) is 0. The lowest BCUT2D eigenvalue weighted by Gasteiger charge is -1.99. The summed E-state index contributed by atoms with van der Waals surface area (Å²) in [6.07, 6.45) is 2.64. The number of benzene rings is 1. The molecular weight excluding hydrogens is 268 g/mol. The van der Waals surface area contributed by atoms with Crippen molar-refractivity contribution in [1.29, 1.82) is 0 Å². The number of carbonyl (C=O) groups is 1. The van der Waals surface area contributed by atoms with Crippen LogP contribution in [0.25, 0.3) is 0 Å². The zero-order valence-electron chi connectivity index (χ0n) is 11.5. The summed E-state index contributed by atoms with van der Waals surface area (Å²) < 4.78 is 4.32. The molecule has 0 aromatic heterocycles. The third-order valence-corrected chi connectivity index (χ3v) is 2.25. The number of nitro benzene ring substituents is 2. The van der Waals surface area contributed by atoms with Gasteiger partial charge < -0.3 is 4.74 Å². The van der Waals surface area contributed by atoms with E-state index >= 15 is 0 Å². The van der Waals surface area contributed by atoms with Crippen molar-refractivity contribution in [3.05, 3.63) is 44.0 Å². The highest BCUT2D eigenvalue weighted by Gasteiger charge is 2.19. The minimum Gasteiger partial charge on any atom is -0.465 e. The van der Waals surface area contributed by atoms with E-state index in [0.717, 1.165) is 25.3 Å². The molecule has 1 aromatic carbocycles. The largest absolute Gasteiger partial charge is 0.465 e. The van der Waals surface area contributed by atoms with Gasteiger partial charge >= 0.3 is 5.97 Å². The van der Waals surface area contributed by atoms with E-state index in [2.05, 4.69) is 18.6 Å². The van der Waals surface area contributed by atoms with E-state index in [0.29, 0.717) is 0 Å². The molecule has 0 aliphatic heterocycles. The summed E-state index contributed by atoms with van der Waals surface area (Å²) in [7, 11) is 1.08. The molecule has 0 N–H and O–H groups in total. The first-order valence-corrected chi connectivity index (χ1v) is 5.89. The van der Waals surface area contributed by atoms with Crippen molar-refractivity contribution < 1.29 is 19.4 Å². The number of methoxy groups -OCH3 is 1. The Morgan fingerprint density at radius 1 is 1.05 bits per heavy atom. The number of ether oxygens (including phenoxy) is 1. The van der Waals surface area contributed by atoms with E-state index < -0.39 is 27.2 Å². The third kappa shape index (κ3) is 5.42. The molecule has 8 nitrogen and oxygen atoms in total. The molecule has 0 amide bonds. The van der Waals surface area contributed by atoms with Crippen molar-refractivity contribution in [1.82, 2.24) is 0 Å². The van der Waals surface area contributed by atoms with Crippen molar-refractivity contribution >= 4 is 17.3 Å². The second-order valence-corrected chi connectivity index (χ2v) is 3.74. The molecule has 0 aliphatic carbocycles. The topological polar surface area (TPSA) is 113 Å². The van der Waals surface area contributed by atoms with Crippen LogP contribution < -0.4 is 0 Å². The summed E-state index contributed by atoms with van der Waals surface area (Å²) in [5, 5.41) is 20.9. The predicted molar refractivity (Wildman–Crippen MR) is 71.7 cm³/mol. The summed E-state index contributed by atoms with van der Waals surface area (Å²) >= 11 is 0. The van der Waals surface area contributed by atoms with E-state index in [4.69, 9.17) is 0 Å². The molecule has 0 bridgehead atoms. The highest BCUT2D eigenvalue weighted by molar-refractivity contribution is 5.91. The maximum absolute atomic E-state index is 11.1. The lowest BCUT2D eigenvalue weighted by atomic mass is 10.2. The number of nitro groups is 2. The van der Waals surface area contributed by atoms with Gasteiger partial charge in [-0.3, -0.25) is 20.2 Å². The van der Waals surface area contributed by atoms with Gasteiger partial charge in [0.1, 0.15) is 0 Å². The number of esters is 1. The smallest absolute Gasteiger partial charge is 0.338 e. The number of hydrogen-bond acceptors (Lipinski definition) is 6. The fourth-order valence-corrected chi connectivity index (χ4v) is 1.04. The van der Waals surface area contributed by atoms with Gasteiger partial charge in [-0.2, -0.15) is 0 Å². The van der Waals surface area contributed by atoms with Crippen LogP contribution in [0.3, 0.4) is 0 Å². The van der Waals surface area contributed by atoms with Crippen LogP contribution in [0.4, 0.5) is 11.4 Å². The molecule has 0 saturated carbocycles. The van der Waals surface area contributed by atoms with Crippen LogP contribution >= 0.6 is 0 Å². The molecule has 0 fully saturated rings. The summed E-state index contributed by atoms with van der Waals surface area (Å²) in [4.78, 5) is 30.4. The number of non-ortho nitro benzene ring substituents is 2. The zero-order chi connectivity index (χ0) is 15.7. The van der Waals surface area contributed by atoms with Crippen LogP contribution in [0.1, 0.15) is 37.0 Å². The monoisotopic (exact) mass is 284 g/mol. The van der Waals surface area contributed by atoms with Crippen LogP contribution in [0, 0.1) is 20.2 Å². The van der Waals surface area contributed by atoms with Gasteiger partial charge in [0.05, 0.1) is 28.6 Å². The number of nitrogens with zero attached hydrogens (tertiary/aromatic N) is 2. The second-order valence-electron chi connectivity index (χ2n) is 3.74. The van der Waals surface area contributed by atoms with Crippen LogP contribution in [0.5, 0.6) is 0 Å². The third-order valence-electron chi connectivity index (χ3n) is 2.25.